The molecule has 0 fully saturated rings. The molecule has 0 aliphatic heterocycles. The third-order valence-corrected chi connectivity index (χ3v) is 3.36. The summed E-state index contributed by atoms with van der Waals surface area (Å²) in [5.41, 5.74) is 6.71. The van der Waals surface area contributed by atoms with Crippen molar-refractivity contribution >= 4 is 17.5 Å². The van der Waals surface area contributed by atoms with E-state index in [9.17, 15) is 10.1 Å². The van der Waals surface area contributed by atoms with E-state index in [0.717, 1.165) is 25.5 Å². The molecule has 0 atom stereocenters. The van der Waals surface area contributed by atoms with Crippen LogP contribution < -0.4 is 11.1 Å². The van der Waals surface area contributed by atoms with Crippen molar-refractivity contribution < 1.29 is 4.92 Å². The predicted octanol–water partition coefficient (Wildman–Crippen LogP) is 2.66. The molecule has 20 heavy (non-hydrogen) atoms. The molecule has 1 aromatic rings. The molecule has 7 nitrogen and oxygen atoms in total. The monoisotopic (exact) mass is 277 g/mol. The van der Waals surface area contributed by atoms with Crippen LogP contribution in [0, 0.1) is 10.1 Å². The summed E-state index contributed by atoms with van der Waals surface area (Å²) in [5.74, 6) is 0.225. The minimum atomic E-state index is -0.588. The predicted molar refractivity (Wildman–Crippen MR) is 77.4 cm³/mol. The maximum absolute atomic E-state index is 10.6. The van der Waals surface area contributed by atoms with Crippen LogP contribution >= 0.6 is 0 Å². The zero-order valence-corrected chi connectivity index (χ0v) is 11.3. The van der Waals surface area contributed by atoms with Gasteiger partial charge in [0.2, 0.25) is 11.8 Å². The van der Waals surface area contributed by atoms with Gasteiger partial charge in [-0.05, 0) is 32.1 Å². The molecule has 3 N–H and O–H groups in total. The van der Waals surface area contributed by atoms with Gasteiger partial charge in [-0.25, -0.2) is 4.98 Å². The van der Waals surface area contributed by atoms with E-state index >= 15 is 0 Å². The molecular weight excluding hydrogens is 258 g/mol. The summed E-state index contributed by atoms with van der Waals surface area (Å²) >= 11 is 0. The van der Waals surface area contributed by atoms with E-state index in [1.165, 1.54) is 24.8 Å². The number of nitrogen functional groups attached to an aromatic ring is 1. The smallest absolute Gasteiger partial charge is 0.329 e. The molecule has 1 aliphatic rings. The average molecular weight is 277 g/mol. The molecule has 1 aromatic heterocycles. The minimum absolute atomic E-state index is 0.110. The van der Waals surface area contributed by atoms with E-state index in [0.29, 0.717) is 12.5 Å². The van der Waals surface area contributed by atoms with Crippen LogP contribution in [-0.2, 0) is 0 Å². The van der Waals surface area contributed by atoms with Gasteiger partial charge in [0, 0.05) is 6.54 Å². The maximum atomic E-state index is 10.6. The van der Waals surface area contributed by atoms with Crippen molar-refractivity contribution in [2.75, 3.05) is 17.6 Å². The zero-order valence-electron chi connectivity index (χ0n) is 11.3. The number of nitrogens with zero attached hydrogens (tertiary/aromatic N) is 3. The van der Waals surface area contributed by atoms with E-state index < -0.39 is 4.92 Å². The molecule has 0 bridgehead atoms. The number of hydrogen-bond acceptors (Lipinski definition) is 6. The van der Waals surface area contributed by atoms with E-state index in [4.69, 9.17) is 5.73 Å². The Morgan fingerprint density at radius 1 is 1.40 bits per heavy atom. The van der Waals surface area contributed by atoms with Gasteiger partial charge >= 0.3 is 5.69 Å². The number of nitro groups is 1. The fourth-order valence-corrected chi connectivity index (χ4v) is 2.26. The van der Waals surface area contributed by atoms with Gasteiger partial charge in [-0.2, -0.15) is 4.98 Å². The molecule has 2 rings (SSSR count). The number of nitrogens with two attached hydrogens (primary N) is 1. The second-order valence-electron chi connectivity index (χ2n) is 4.86. The zero-order chi connectivity index (χ0) is 14.4. The third kappa shape index (κ3) is 3.91. The van der Waals surface area contributed by atoms with E-state index in [2.05, 4.69) is 21.4 Å². The number of nitrogens with one attached hydrogen (secondary N) is 1. The molecule has 0 unspecified atom stereocenters. The molecule has 0 amide bonds. The van der Waals surface area contributed by atoms with Gasteiger partial charge in [0.25, 0.3) is 0 Å². The lowest BCUT2D eigenvalue weighted by Crippen LogP contribution is -2.08. The van der Waals surface area contributed by atoms with Gasteiger partial charge in [0.1, 0.15) is 6.20 Å². The van der Waals surface area contributed by atoms with Crippen LogP contribution in [0.1, 0.15) is 38.5 Å². The normalized spacial score (nSPS) is 15.3. The minimum Gasteiger partial charge on any atom is -0.378 e. The van der Waals surface area contributed by atoms with Crippen molar-refractivity contribution in [3.8, 4) is 0 Å². The Labute approximate surface area is 117 Å². The SMILES string of the molecule is Nc1nc(NCCC2=CCCCCC2)ncc1[N+](=O)[O-]. The number of allylic oxidation sites excluding steroid dienone is 1. The van der Waals surface area contributed by atoms with Crippen molar-refractivity contribution in [2.45, 2.75) is 38.5 Å². The highest BCUT2D eigenvalue weighted by Crippen LogP contribution is 2.20. The van der Waals surface area contributed by atoms with Gasteiger partial charge in [0.05, 0.1) is 4.92 Å². The summed E-state index contributed by atoms with van der Waals surface area (Å²) in [6.07, 6.45) is 10.6. The Bertz CT molecular complexity index is 515. The molecule has 7 heteroatoms. The van der Waals surface area contributed by atoms with Gasteiger partial charge < -0.3 is 11.1 Å². The number of aromatic nitrogens is 2. The summed E-state index contributed by atoms with van der Waals surface area (Å²) < 4.78 is 0. The fraction of sp³-hybridized carbons (Fsp3) is 0.538. The summed E-state index contributed by atoms with van der Waals surface area (Å²) in [5, 5.41) is 13.7. The Hall–Kier alpha value is -2.18. The van der Waals surface area contributed by atoms with Crippen LogP contribution in [-0.4, -0.2) is 21.4 Å². The number of anilines is 2. The first kappa shape index (κ1) is 14.2. The van der Waals surface area contributed by atoms with Crippen molar-refractivity contribution in [1.82, 2.24) is 9.97 Å². The van der Waals surface area contributed by atoms with E-state index in [1.54, 1.807) is 0 Å². The lowest BCUT2D eigenvalue weighted by Gasteiger charge is -2.07. The van der Waals surface area contributed by atoms with Crippen LogP contribution in [0.4, 0.5) is 17.5 Å². The molecule has 0 saturated carbocycles. The number of hydrogen-bond donors (Lipinski definition) is 2. The molecular formula is C13H19N5O2. The van der Waals surface area contributed by atoms with Crippen LogP contribution in [0.5, 0.6) is 0 Å². The summed E-state index contributed by atoms with van der Waals surface area (Å²) in [4.78, 5) is 17.8. The molecule has 0 radical (unpaired) electrons. The van der Waals surface area contributed by atoms with Crippen molar-refractivity contribution in [3.63, 3.8) is 0 Å². The Balaban J connectivity index is 1.86. The Morgan fingerprint density at radius 3 is 3.00 bits per heavy atom. The quantitative estimate of drug-likeness (QED) is 0.486. The fourth-order valence-electron chi connectivity index (χ4n) is 2.26. The second-order valence-corrected chi connectivity index (χ2v) is 4.86. The second kappa shape index (κ2) is 6.83. The van der Waals surface area contributed by atoms with Gasteiger partial charge in [-0.1, -0.05) is 18.1 Å². The Morgan fingerprint density at radius 2 is 2.25 bits per heavy atom. The highest BCUT2D eigenvalue weighted by molar-refractivity contribution is 5.53. The molecule has 1 heterocycles. The summed E-state index contributed by atoms with van der Waals surface area (Å²) in [6.45, 7) is 0.711. The average Bonchev–Trinajstić information content (AvgIpc) is 2.67. The number of rotatable bonds is 5. The lowest BCUT2D eigenvalue weighted by atomic mass is 10.1. The highest BCUT2D eigenvalue weighted by atomic mass is 16.6. The third-order valence-electron chi connectivity index (χ3n) is 3.36. The largest absolute Gasteiger partial charge is 0.378 e. The van der Waals surface area contributed by atoms with Gasteiger partial charge in [-0.3, -0.25) is 10.1 Å². The van der Waals surface area contributed by atoms with E-state index in [1.807, 2.05) is 0 Å². The highest BCUT2D eigenvalue weighted by Gasteiger charge is 2.13. The topological polar surface area (TPSA) is 107 Å². The molecule has 1 aliphatic carbocycles. The standard InChI is InChI=1S/C13H19N5O2/c14-12-11(18(19)20)9-16-13(17-12)15-8-7-10-5-3-1-2-4-6-10/h5,9H,1-4,6-8H2,(H3,14,15,16,17). The summed E-state index contributed by atoms with van der Waals surface area (Å²) in [6, 6.07) is 0. The van der Waals surface area contributed by atoms with Crippen LogP contribution in [0.3, 0.4) is 0 Å². The first-order valence-corrected chi connectivity index (χ1v) is 6.85. The van der Waals surface area contributed by atoms with Crippen molar-refractivity contribution in [3.05, 3.63) is 28.0 Å². The van der Waals surface area contributed by atoms with Gasteiger partial charge in [-0.15, -0.1) is 0 Å². The molecule has 0 aromatic carbocycles. The Kier molecular flexibility index (Phi) is 4.86. The summed E-state index contributed by atoms with van der Waals surface area (Å²) in [7, 11) is 0. The van der Waals surface area contributed by atoms with Gasteiger partial charge in [0.15, 0.2) is 0 Å². The van der Waals surface area contributed by atoms with Crippen LogP contribution in [0.25, 0.3) is 0 Å². The maximum Gasteiger partial charge on any atom is 0.329 e. The molecule has 0 saturated heterocycles. The lowest BCUT2D eigenvalue weighted by molar-refractivity contribution is -0.384. The first-order valence-electron chi connectivity index (χ1n) is 6.85. The van der Waals surface area contributed by atoms with Crippen LogP contribution in [0.15, 0.2) is 17.8 Å². The van der Waals surface area contributed by atoms with Crippen molar-refractivity contribution in [1.29, 1.82) is 0 Å². The van der Waals surface area contributed by atoms with E-state index in [-0.39, 0.29) is 11.5 Å². The van der Waals surface area contributed by atoms with Crippen molar-refractivity contribution in [2.24, 2.45) is 0 Å². The molecule has 0 spiro atoms. The van der Waals surface area contributed by atoms with Crippen LogP contribution in [0.2, 0.25) is 0 Å². The first-order chi connectivity index (χ1) is 9.66. The molecule has 108 valence electrons.